The van der Waals surface area contributed by atoms with Crippen LogP contribution in [0.4, 0.5) is 4.39 Å². The normalized spacial score (nSPS) is 12.0. The first-order valence-corrected chi connectivity index (χ1v) is 9.72. The Balaban J connectivity index is 1.88. The highest BCUT2D eigenvalue weighted by Crippen LogP contribution is 2.23. The maximum atomic E-state index is 12.8. The Kier molecular flexibility index (Phi) is 6.15. The molecule has 26 heavy (non-hydrogen) atoms. The molecule has 0 atom stereocenters. The van der Waals surface area contributed by atoms with E-state index in [-0.39, 0.29) is 23.4 Å². The monoisotopic (exact) mass is 378 g/mol. The summed E-state index contributed by atoms with van der Waals surface area (Å²) in [5, 5.41) is 2.58. The minimum absolute atomic E-state index is 0.0519. The Bertz CT molecular complexity index is 855. The first-order valence-electron chi connectivity index (χ1n) is 8.23. The van der Waals surface area contributed by atoms with Crippen LogP contribution in [-0.2, 0) is 15.4 Å². The van der Waals surface area contributed by atoms with Gasteiger partial charge in [0.2, 0.25) is 10.0 Å². The van der Waals surface area contributed by atoms with Gasteiger partial charge < -0.3 is 5.32 Å². The summed E-state index contributed by atoms with van der Waals surface area (Å²) in [6.45, 7) is 6.33. The second kappa shape index (κ2) is 7.97. The number of nitrogens with one attached hydrogen (secondary N) is 2. The van der Waals surface area contributed by atoms with Gasteiger partial charge in [-0.2, -0.15) is 0 Å². The Morgan fingerprint density at radius 3 is 2.08 bits per heavy atom. The average Bonchev–Trinajstić information content (AvgIpc) is 2.58. The number of sulfonamides is 1. The number of hydrogen-bond donors (Lipinski definition) is 2. The molecule has 0 aliphatic rings. The molecule has 0 unspecified atom stereocenters. The number of carbonyl (C=O) groups excluding carboxylic acids is 1. The summed E-state index contributed by atoms with van der Waals surface area (Å²) in [5.41, 5.74) is 1.30. The predicted molar refractivity (Wildman–Crippen MR) is 99.1 cm³/mol. The third-order valence-corrected chi connectivity index (χ3v) is 5.32. The molecule has 1 amide bonds. The van der Waals surface area contributed by atoms with Gasteiger partial charge >= 0.3 is 0 Å². The van der Waals surface area contributed by atoms with Crippen LogP contribution in [0.1, 0.15) is 36.7 Å². The first kappa shape index (κ1) is 20.1. The molecule has 0 aliphatic heterocycles. The molecule has 7 heteroatoms. The van der Waals surface area contributed by atoms with Crippen molar-refractivity contribution in [3.8, 4) is 0 Å². The van der Waals surface area contributed by atoms with Gasteiger partial charge in [0, 0.05) is 18.7 Å². The van der Waals surface area contributed by atoms with Crippen molar-refractivity contribution >= 4 is 15.9 Å². The second-order valence-electron chi connectivity index (χ2n) is 6.93. The van der Waals surface area contributed by atoms with Gasteiger partial charge in [0.1, 0.15) is 5.82 Å². The molecule has 5 nitrogen and oxygen atoms in total. The third-order valence-electron chi connectivity index (χ3n) is 3.84. The van der Waals surface area contributed by atoms with Crippen LogP contribution >= 0.6 is 0 Å². The van der Waals surface area contributed by atoms with E-state index in [0.717, 1.165) is 5.56 Å². The lowest BCUT2D eigenvalue weighted by molar-refractivity contribution is 0.0954. The summed E-state index contributed by atoms with van der Waals surface area (Å²) < 4.78 is 39.8. The number of hydrogen-bond acceptors (Lipinski definition) is 3. The molecule has 0 heterocycles. The van der Waals surface area contributed by atoms with Crippen LogP contribution in [0.15, 0.2) is 53.4 Å². The van der Waals surface area contributed by atoms with E-state index in [1.165, 1.54) is 24.3 Å². The summed E-state index contributed by atoms with van der Waals surface area (Å²) in [6.07, 6.45) is 0. The van der Waals surface area contributed by atoms with Crippen LogP contribution < -0.4 is 10.0 Å². The maximum absolute atomic E-state index is 12.8. The van der Waals surface area contributed by atoms with Crippen LogP contribution in [0, 0.1) is 5.82 Å². The van der Waals surface area contributed by atoms with Crippen molar-refractivity contribution in [3.05, 3.63) is 65.5 Å². The lowest BCUT2D eigenvalue weighted by Crippen LogP contribution is -2.34. The summed E-state index contributed by atoms with van der Waals surface area (Å²) in [7, 11) is -3.64. The fourth-order valence-corrected chi connectivity index (χ4v) is 3.31. The van der Waals surface area contributed by atoms with E-state index >= 15 is 0 Å². The molecule has 0 bridgehead atoms. The third kappa shape index (κ3) is 5.37. The highest BCUT2D eigenvalue weighted by Gasteiger charge is 2.17. The smallest absolute Gasteiger partial charge is 0.251 e. The van der Waals surface area contributed by atoms with Crippen molar-refractivity contribution in [2.24, 2.45) is 0 Å². The largest absolute Gasteiger partial charge is 0.351 e. The van der Waals surface area contributed by atoms with Crippen molar-refractivity contribution in [1.29, 1.82) is 0 Å². The van der Waals surface area contributed by atoms with Crippen molar-refractivity contribution in [2.45, 2.75) is 31.1 Å². The molecule has 0 fully saturated rings. The lowest BCUT2D eigenvalue weighted by atomic mass is 9.87. The minimum atomic E-state index is -3.64. The van der Waals surface area contributed by atoms with Crippen LogP contribution in [0.5, 0.6) is 0 Å². The second-order valence-corrected chi connectivity index (χ2v) is 8.70. The Morgan fingerprint density at radius 2 is 1.54 bits per heavy atom. The number of benzene rings is 2. The number of halogens is 1. The number of amides is 1. The lowest BCUT2D eigenvalue weighted by Gasteiger charge is -2.19. The molecule has 2 N–H and O–H groups in total. The molecular formula is C19H23FN2O3S. The zero-order valence-corrected chi connectivity index (χ0v) is 15.9. The Labute approximate surface area is 153 Å². The van der Waals surface area contributed by atoms with Crippen molar-refractivity contribution in [1.82, 2.24) is 10.0 Å². The van der Waals surface area contributed by atoms with E-state index in [9.17, 15) is 17.6 Å². The van der Waals surface area contributed by atoms with Crippen molar-refractivity contribution in [2.75, 3.05) is 13.1 Å². The van der Waals surface area contributed by atoms with Gasteiger partial charge in [-0.1, -0.05) is 32.9 Å². The highest BCUT2D eigenvalue weighted by molar-refractivity contribution is 7.89. The minimum Gasteiger partial charge on any atom is -0.351 e. The van der Waals surface area contributed by atoms with Crippen LogP contribution in [0.2, 0.25) is 0 Å². The quantitative estimate of drug-likeness (QED) is 0.759. The molecule has 0 spiro atoms. The average molecular weight is 378 g/mol. The fraction of sp³-hybridized carbons (Fsp3) is 0.316. The zero-order chi connectivity index (χ0) is 19.4. The molecule has 0 radical (unpaired) electrons. The Hall–Kier alpha value is -2.25. The van der Waals surface area contributed by atoms with Gasteiger partial charge in [0.15, 0.2) is 0 Å². The molecule has 0 saturated carbocycles. The summed E-state index contributed by atoms with van der Waals surface area (Å²) in [4.78, 5) is 12.0. The van der Waals surface area contributed by atoms with Gasteiger partial charge in [-0.3, -0.25) is 4.79 Å². The van der Waals surface area contributed by atoms with Gasteiger partial charge in [-0.25, -0.2) is 17.5 Å². The molecule has 140 valence electrons. The molecule has 0 saturated heterocycles. The fourth-order valence-electron chi connectivity index (χ4n) is 2.28. The van der Waals surface area contributed by atoms with E-state index in [0.29, 0.717) is 5.56 Å². The molecule has 2 aromatic rings. The first-order chi connectivity index (χ1) is 12.1. The van der Waals surface area contributed by atoms with Crippen molar-refractivity contribution in [3.63, 3.8) is 0 Å². The number of carbonyl (C=O) groups is 1. The maximum Gasteiger partial charge on any atom is 0.251 e. The van der Waals surface area contributed by atoms with E-state index in [4.69, 9.17) is 0 Å². The molecule has 0 aliphatic carbocycles. The van der Waals surface area contributed by atoms with Gasteiger partial charge in [0.05, 0.1) is 4.90 Å². The zero-order valence-electron chi connectivity index (χ0n) is 15.0. The van der Waals surface area contributed by atoms with Gasteiger partial charge in [0.25, 0.3) is 5.91 Å². The topological polar surface area (TPSA) is 75.3 Å². The highest BCUT2D eigenvalue weighted by atomic mass is 32.2. The van der Waals surface area contributed by atoms with Crippen LogP contribution in [0.25, 0.3) is 0 Å². The van der Waals surface area contributed by atoms with E-state index < -0.39 is 21.7 Å². The Morgan fingerprint density at radius 1 is 0.962 bits per heavy atom. The summed E-state index contributed by atoms with van der Waals surface area (Å²) in [5.74, 6) is -0.814. The molecule has 2 rings (SSSR count). The molecule has 0 aromatic heterocycles. The number of rotatable bonds is 6. The van der Waals surface area contributed by atoms with E-state index in [1.807, 2.05) is 0 Å². The standard InChI is InChI=1S/C19H23FN2O3S/c1-19(2,3)15-6-10-17(11-7-15)26(24,25)22-13-12-21-18(23)14-4-8-16(20)9-5-14/h4-11,22H,12-13H2,1-3H3,(H,21,23). The molecule has 2 aromatic carbocycles. The SMILES string of the molecule is CC(C)(C)c1ccc(S(=O)(=O)NCCNC(=O)c2ccc(F)cc2)cc1. The van der Waals surface area contributed by atoms with Crippen LogP contribution in [-0.4, -0.2) is 27.4 Å². The van der Waals surface area contributed by atoms with Gasteiger partial charge in [-0.05, 0) is 47.4 Å². The van der Waals surface area contributed by atoms with Crippen LogP contribution in [0.3, 0.4) is 0 Å². The molecular weight excluding hydrogens is 355 g/mol. The van der Waals surface area contributed by atoms with E-state index in [2.05, 4.69) is 30.8 Å². The van der Waals surface area contributed by atoms with Gasteiger partial charge in [-0.15, -0.1) is 0 Å². The summed E-state index contributed by atoms with van der Waals surface area (Å²) >= 11 is 0. The summed E-state index contributed by atoms with van der Waals surface area (Å²) in [6, 6.07) is 11.9. The van der Waals surface area contributed by atoms with Crippen molar-refractivity contribution < 1.29 is 17.6 Å². The van der Waals surface area contributed by atoms with E-state index in [1.54, 1.807) is 24.3 Å². The predicted octanol–water partition coefficient (Wildman–Crippen LogP) is 2.83.